The van der Waals surface area contributed by atoms with Crippen LogP contribution in [0.2, 0.25) is 5.02 Å². The van der Waals surface area contributed by atoms with Gasteiger partial charge in [-0.2, -0.15) is 4.98 Å². The molecule has 1 aromatic heterocycles. The molecule has 20 heavy (non-hydrogen) atoms. The molecule has 0 unspecified atom stereocenters. The van der Waals surface area contributed by atoms with Crippen LogP contribution in [0.5, 0.6) is 5.88 Å². The molecule has 1 aromatic carbocycles. The van der Waals surface area contributed by atoms with Crippen molar-refractivity contribution in [2.75, 3.05) is 0 Å². The number of aromatic nitrogens is 2. The van der Waals surface area contributed by atoms with Crippen molar-refractivity contribution in [1.29, 1.82) is 0 Å². The lowest BCUT2D eigenvalue weighted by Crippen LogP contribution is -2.16. The molecule has 0 bridgehead atoms. The summed E-state index contributed by atoms with van der Waals surface area (Å²) < 4.78 is 6.44. The minimum absolute atomic E-state index is 0.133. The molecule has 0 saturated carbocycles. The lowest BCUT2D eigenvalue weighted by Gasteiger charge is -2.17. The van der Waals surface area contributed by atoms with Crippen molar-refractivity contribution < 1.29 is 4.74 Å². The first kappa shape index (κ1) is 15.3. The molecule has 0 aliphatic rings. The molecule has 0 aliphatic carbocycles. The van der Waals surface area contributed by atoms with E-state index in [2.05, 4.69) is 46.7 Å². The second-order valence-corrected chi connectivity index (χ2v) is 6.70. The smallest absolute Gasteiger partial charge is 0.218 e. The molecule has 106 valence electrons. The Kier molecular flexibility index (Phi) is 4.66. The maximum atomic E-state index is 6.10. The Bertz CT molecular complexity index is 611. The van der Waals surface area contributed by atoms with E-state index in [1.807, 2.05) is 24.3 Å². The van der Waals surface area contributed by atoms with Gasteiger partial charge in [-0.05, 0) is 22.0 Å². The quantitative estimate of drug-likeness (QED) is 0.744. The number of halogens is 2. The first-order valence-corrected chi connectivity index (χ1v) is 7.44. The summed E-state index contributed by atoms with van der Waals surface area (Å²) in [6, 6.07) is 9.36. The Balaban J connectivity index is 2.18. The van der Waals surface area contributed by atoms with Crippen molar-refractivity contribution in [1.82, 2.24) is 9.97 Å². The number of benzene rings is 1. The van der Waals surface area contributed by atoms with Gasteiger partial charge in [-0.15, -0.1) is 0 Å². The number of hydrogen-bond acceptors (Lipinski definition) is 3. The third-order valence-corrected chi connectivity index (χ3v) is 3.45. The van der Waals surface area contributed by atoms with Crippen molar-refractivity contribution in [2.24, 2.45) is 0 Å². The SMILES string of the molecule is CC(C)(C)c1nc(Br)cc(OCc2ccccc2Cl)n1. The number of rotatable bonds is 3. The van der Waals surface area contributed by atoms with Crippen LogP contribution in [0.1, 0.15) is 32.2 Å². The zero-order chi connectivity index (χ0) is 14.8. The molecule has 0 atom stereocenters. The van der Waals surface area contributed by atoms with Crippen LogP contribution in [0.15, 0.2) is 34.9 Å². The summed E-state index contributed by atoms with van der Waals surface area (Å²) in [4.78, 5) is 8.82. The first-order chi connectivity index (χ1) is 9.36. The van der Waals surface area contributed by atoms with Crippen LogP contribution < -0.4 is 4.74 Å². The average molecular weight is 356 g/mol. The third-order valence-electron chi connectivity index (χ3n) is 2.68. The monoisotopic (exact) mass is 354 g/mol. The molecule has 5 heteroatoms. The summed E-state index contributed by atoms with van der Waals surface area (Å²) in [6.45, 7) is 6.57. The van der Waals surface area contributed by atoms with Gasteiger partial charge in [0, 0.05) is 22.1 Å². The van der Waals surface area contributed by atoms with E-state index in [4.69, 9.17) is 16.3 Å². The molecule has 2 aromatic rings. The molecule has 0 aliphatic heterocycles. The lowest BCUT2D eigenvalue weighted by molar-refractivity contribution is 0.289. The van der Waals surface area contributed by atoms with Gasteiger partial charge in [0.25, 0.3) is 0 Å². The average Bonchev–Trinajstić information content (AvgIpc) is 2.36. The molecule has 0 saturated heterocycles. The van der Waals surface area contributed by atoms with Gasteiger partial charge in [-0.1, -0.05) is 50.6 Å². The maximum absolute atomic E-state index is 6.10. The van der Waals surface area contributed by atoms with Crippen LogP contribution in [-0.4, -0.2) is 9.97 Å². The van der Waals surface area contributed by atoms with E-state index in [1.165, 1.54) is 0 Å². The zero-order valence-corrected chi connectivity index (χ0v) is 14.0. The van der Waals surface area contributed by atoms with Crippen LogP contribution >= 0.6 is 27.5 Å². The highest BCUT2D eigenvalue weighted by molar-refractivity contribution is 9.10. The van der Waals surface area contributed by atoms with Crippen LogP contribution in [0, 0.1) is 0 Å². The fourth-order valence-electron chi connectivity index (χ4n) is 1.57. The molecule has 0 spiro atoms. The van der Waals surface area contributed by atoms with E-state index in [1.54, 1.807) is 6.07 Å². The van der Waals surface area contributed by atoms with E-state index in [0.29, 0.717) is 22.1 Å². The highest BCUT2D eigenvalue weighted by Crippen LogP contribution is 2.24. The summed E-state index contributed by atoms with van der Waals surface area (Å²) in [5.74, 6) is 1.28. The van der Waals surface area contributed by atoms with Gasteiger partial charge in [0.2, 0.25) is 5.88 Å². The Morgan fingerprint density at radius 2 is 1.90 bits per heavy atom. The van der Waals surface area contributed by atoms with Gasteiger partial charge in [0.1, 0.15) is 17.0 Å². The lowest BCUT2D eigenvalue weighted by atomic mass is 9.96. The van der Waals surface area contributed by atoms with E-state index in [-0.39, 0.29) is 5.41 Å². The van der Waals surface area contributed by atoms with Crippen molar-refractivity contribution >= 4 is 27.5 Å². The molecule has 2 rings (SSSR count). The molecule has 1 heterocycles. The van der Waals surface area contributed by atoms with Crippen LogP contribution in [0.4, 0.5) is 0 Å². The largest absolute Gasteiger partial charge is 0.473 e. The first-order valence-electron chi connectivity index (χ1n) is 6.27. The van der Waals surface area contributed by atoms with E-state index in [9.17, 15) is 0 Å². The fourth-order valence-corrected chi connectivity index (χ4v) is 2.13. The summed E-state index contributed by atoms with van der Waals surface area (Å²) in [5.41, 5.74) is 0.799. The topological polar surface area (TPSA) is 35.0 Å². The number of ether oxygens (including phenoxy) is 1. The van der Waals surface area contributed by atoms with Gasteiger partial charge < -0.3 is 4.74 Å². The van der Waals surface area contributed by atoms with Crippen LogP contribution in [0.25, 0.3) is 0 Å². The van der Waals surface area contributed by atoms with Gasteiger partial charge >= 0.3 is 0 Å². The molecule has 0 amide bonds. The van der Waals surface area contributed by atoms with Crippen molar-refractivity contribution in [3.8, 4) is 5.88 Å². The molecular formula is C15H16BrClN2O. The minimum Gasteiger partial charge on any atom is -0.473 e. The second-order valence-electron chi connectivity index (χ2n) is 5.48. The van der Waals surface area contributed by atoms with E-state index < -0.39 is 0 Å². The van der Waals surface area contributed by atoms with Crippen molar-refractivity contribution in [3.63, 3.8) is 0 Å². The zero-order valence-electron chi connectivity index (χ0n) is 11.7. The number of hydrogen-bond donors (Lipinski definition) is 0. The van der Waals surface area contributed by atoms with Gasteiger partial charge in [0.15, 0.2) is 0 Å². The van der Waals surface area contributed by atoms with Crippen LogP contribution in [0.3, 0.4) is 0 Å². The van der Waals surface area contributed by atoms with Crippen LogP contribution in [-0.2, 0) is 12.0 Å². The molecule has 0 radical (unpaired) electrons. The predicted molar refractivity (Wildman–Crippen MR) is 84.2 cm³/mol. The summed E-state index contributed by atoms with van der Waals surface area (Å²) >= 11 is 9.49. The van der Waals surface area contributed by atoms with E-state index >= 15 is 0 Å². The van der Waals surface area contributed by atoms with Crippen molar-refractivity contribution in [2.45, 2.75) is 32.8 Å². The predicted octanol–water partition coefficient (Wildman–Crippen LogP) is 4.77. The normalized spacial score (nSPS) is 11.4. The number of nitrogens with zero attached hydrogens (tertiary/aromatic N) is 2. The highest BCUT2D eigenvalue weighted by atomic mass is 79.9. The Hall–Kier alpha value is -1.13. The third kappa shape index (κ3) is 3.93. The van der Waals surface area contributed by atoms with E-state index in [0.717, 1.165) is 11.4 Å². The molecule has 0 N–H and O–H groups in total. The Morgan fingerprint density at radius 3 is 2.55 bits per heavy atom. The van der Waals surface area contributed by atoms with Crippen molar-refractivity contribution in [3.05, 3.63) is 51.3 Å². The van der Waals surface area contributed by atoms with Gasteiger partial charge in [0.05, 0.1) is 0 Å². The summed E-state index contributed by atoms with van der Waals surface area (Å²) in [5, 5.41) is 0.691. The summed E-state index contributed by atoms with van der Waals surface area (Å²) in [7, 11) is 0. The standard InChI is InChI=1S/C15H16BrClN2O/c1-15(2,3)14-18-12(16)8-13(19-14)20-9-10-6-4-5-7-11(10)17/h4-8H,9H2,1-3H3. The second kappa shape index (κ2) is 6.10. The molecular weight excluding hydrogens is 340 g/mol. The Labute approximate surface area is 132 Å². The van der Waals surface area contributed by atoms with Gasteiger partial charge in [-0.3, -0.25) is 0 Å². The minimum atomic E-state index is -0.133. The molecule has 0 fully saturated rings. The highest BCUT2D eigenvalue weighted by Gasteiger charge is 2.19. The molecule has 3 nitrogen and oxygen atoms in total. The maximum Gasteiger partial charge on any atom is 0.218 e. The van der Waals surface area contributed by atoms with Gasteiger partial charge in [-0.25, -0.2) is 4.98 Å². The fraction of sp³-hybridized carbons (Fsp3) is 0.333. The Morgan fingerprint density at radius 1 is 1.20 bits per heavy atom. The summed E-state index contributed by atoms with van der Waals surface area (Å²) in [6.07, 6.45) is 0.